The minimum atomic E-state index is -1.07. The van der Waals surface area contributed by atoms with Gasteiger partial charge in [0.1, 0.15) is 6.07 Å². The van der Waals surface area contributed by atoms with E-state index < -0.39 is 11.6 Å². The van der Waals surface area contributed by atoms with Crippen LogP contribution < -0.4 is 5.32 Å². The quantitative estimate of drug-likeness (QED) is 0.885. The number of nitriles is 1. The van der Waals surface area contributed by atoms with Gasteiger partial charge in [-0.1, -0.05) is 19.8 Å². The van der Waals surface area contributed by atoms with Gasteiger partial charge < -0.3 is 5.32 Å². The summed E-state index contributed by atoms with van der Waals surface area (Å²) in [6, 6.07) is 4.35. The second-order valence-corrected chi connectivity index (χ2v) is 5.27. The van der Waals surface area contributed by atoms with E-state index in [9.17, 15) is 8.78 Å². The van der Waals surface area contributed by atoms with Gasteiger partial charge in [-0.2, -0.15) is 5.26 Å². The van der Waals surface area contributed by atoms with Crippen molar-refractivity contribution < 1.29 is 8.78 Å². The number of nitrogens with one attached hydrogen (secondary N) is 1. The lowest BCUT2D eigenvalue weighted by molar-refractivity contribution is 0.361. The normalized spacial score (nSPS) is 17.4. The molecule has 1 aromatic rings. The van der Waals surface area contributed by atoms with Crippen LogP contribution in [0.15, 0.2) is 12.1 Å². The van der Waals surface area contributed by atoms with Crippen LogP contribution in [0.5, 0.6) is 0 Å². The minimum absolute atomic E-state index is 0.139. The predicted octanol–water partition coefficient (Wildman–Crippen LogP) is 3.83. The fraction of sp³-hybridized carbons (Fsp3) is 0.500. The zero-order valence-corrected chi connectivity index (χ0v) is 10.4. The van der Waals surface area contributed by atoms with Gasteiger partial charge >= 0.3 is 0 Å². The molecule has 0 heterocycles. The molecule has 0 spiro atoms. The molecule has 2 nitrogen and oxygen atoms in total. The largest absolute Gasteiger partial charge is 0.382 e. The van der Waals surface area contributed by atoms with Crippen LogP contribution in [0.1, 0.15) is 38.2 Å². The van der Waals surface area contributed by atoms with Gasteiger partial charge in [-0.15, -0.1) is 0 Å². The van der Waals surface area contributed by atoms with E-state index in [-0.39, 0.29) is 16.7 Å². The molecular formula is C14H16F2N2. The van der Waals surface area contributed by atoms with Crippen LogP contribution in [0.2, 0.25) is 0 Å². The van der Waals surface area contributed by atoms with Crippen LogP contribution in [0.4, 0.5) is 14.5 Å². The highest BCUT2D eigenvalue weighted by molar-refractivity contribution is 5.49. The highest BCUT2D eigenvalue weighted by Gasteiger charge is 2.28. The fourth-order valence-electron chi connectivity index (χ4n) is 2.49. The van der Waals surface area contributed by atoms with E-state index in [0.29, 0.717) is 6.54 Å². The summed E-state index contributed by atoms with van der Waals surface area (Å²) in [6.07, 6.45) is 4.62. The number of anilines is 1. The molecule has 4 heteroatoms. The van der Waals surface area contributed by atoms with Gasteiger partial charge in [0.15, 0.2) is 11.6 Å². The van der Waals surface area contributed by atoms with Crippen molar-refractivity contribution in [2.45, 2.75) is 32.6 Å². The van der Waals surface area contributed by atoms with Gasteiger partial charge in [-0.3, -0.25) is 0 Å². The molecule has 0 atom stereocenters. The van der Waals surface area contributed by atoms with Gasteiger partial charge in [-0.25, -0.2) is 8.78 Å². The Hall–Kier alpha value is -1.63. The van der Waals surface area contributed by atoms with Gasteiger partial charge in [-0.05, 0) is 30.4 Å². The lowest BCUT2D eigenvalue weighted by Crippen LogP contribution is -2.23. The van der Waals surface area contributed by atoms with E-state index in [4.69, 9.17) is 5.26 Å². The smallest absolute Gasteiger partial charge is 0.183 e. The number of hydrogen-bond acceptors (Lipinski definition) is 2. The SMILES string of the molecule is CC1(CNc2ccc(C#N)c(F)c2F)CCCC1. The second-order valence-electron chi connectivity index (χ2n) is 5.27. The molecule has 0 aromatic heterocycles. The van der Waals surface area contributed by atoms with Gasteiger partial charge in [0.05, 0.1) is 11.3 Å². The van der Waals surface area contributed by atoms with Crippen molar-refractivity contribution in [1.29, 1.82) is 5.26 Å². The number of nitrogens with zero attached hydrogens (tertiary/aromatic N) is 1. The highest BCUT2D eigenvalue weighted by atomic mass is 19.2. The van der Waals surface area contributed by atoms with Crippen molar-refractivity contribution in [3.05, 3.63) is 29.3 Å². The monoisotopic (exact) mass is 250 g/mol. The van der Waals surface area contributed by atoms with E-state index in [0.717, 1.165) is 12.8 Å². The average Bonchev–Trinajstić information content (AvgIpc) is 2.79. The Balaban J connectivity index is 2.11. The third-order valence-electron chi connectivity index (χ3n) is 3.72. The summed E-state index contributed by atoms with van der Waals surface area (Å²) in [4.78, 5) is 0. The molecule has 0 saturated heterocycles. The summed E-state index contributed by atoms with van der Waals surface area (Å²) in [5, 5.41) is 11.6. The van der Waals surface area contributed by atoms with E-state index in [1.165, 1.54) is 25.0 Å². The van der Waals surface area contributed by atoms with E-state index in [1.807, 2.05) is 0 Å². The Morgan fingerprint density at radius 3 is 2.56 bits per heavy atom. The molecular weight excluding hydrogens is 234 g/mol. The summed E-state index contributed by atoms with van der Waals surface area (Å²) in [6.45, 7) is 2.79. The topological polar surface area (TPSA) is 35.8 Å². The highest BCUT2D eigenvalue weighted by Crippen LogP contribution is 2.37. The molecule has 0 unspecified atom stereocenters. The zero-order valence-electron chi connectivity index (χ0n) is 10.4. The maximum atomic E-state index is 13.7. The number of halogens is 2. The Labute approximate surface area is 106 Å². The molecule has 1 aliphatic rings. The zero-order chi connectivity index (χ0) is 13.2. The first-order valence-corrected chi connectivity index (χ1v) is 6.18. The predicted molar refractivity (Wildman–Crippen MR) is 66.1 cm³/mol. The molecule has 1 saturated carbocycles. The Kier molecular flexibility index (Phi) is 3.51. The summed E-state index contributed by atoms with van der Waals surface area (Å²) >= 11 is 0. The average molecular weight is 250 g/mol. The van der Waals surface area contributed by atoms with Crippen molar-refractivity contribution in [2.24, 2.45) is 5.41 Å². The maximum Gasteiger partial charge on any atom is 0.183 e. The lowest BCUT2D eigenvalue weighted by atomic mass is 9.89. The van der Waals surface area contributed by atoms with E-state index >= 15 is 0 Å². The first kappa shape index (κ1) is 12.8. The van der Waals surface area contributed by atoms with Crippen molar-refractivity contribution in [3.8, 4) is 6.07 Å². The Morgan fingerprint density at radius 1 is 1.28 bits per heavy atom. The third-order valence-corrected chi connectivity index (χ3v) is 3.72. The summed E-state index contributed by atoms with van der Waals surface area (Å²) in [5.41, 5.74) is 0.0429. The molecule has 1 N–H and O–H groups in total. The van der Waals surface area contributed by atoms with Gasteiger partial charge in [0.2, 0.25) is 0 Å². The number of benzene rings is 1. The Bertz CT molecular complexity index is 485. The first-order chi connectivity index (χ1) is 8.56. The van der Waals surface area contributed by atoms with Crippen molar-refractivity contribution >= 4 is 5.69 Å². The molecule has 0 amide bonds. The summed E-state index contributed by atoms with van der Waals surface area (Å²) in [7, 11) is 0. The van der Waals surface area contributed by atoms with Crippen LogP contribution in [0, 0.1) is 28.4 Å². The van der Waals surface area contributed by atoms with Crippen LogP contribution in [-0.4, -0.2) is 6.54 Å². The number of hydrogen-bond donors (Lipinski definition) is 1. The molecule has 0 bridgehead atoms. The molecule has 96 valence electrons. The lowest BCUT2D eigenvalue weighted by Gasteiger charge is -2.24. The molecule has 2 rings (SSSR count). The summed E-state index contributed by atoms with van der Waals surface area (Å²) < 4.78 is 27.1. The van der Waals surface area contributed by atoms with Gasteiger partial charge in [0, 0.05) is 6.54 Å². The second kappa shape index (κ2) is 4.93. The van der Waals surface area contributed by atoms with Crippen molar-refractivity contribution in [2.75, 3.05) is 11.9 Å². The van der Waals surface area contributed by atoms with Crippen molar-refractivity contribution in [1.82, 2.24) is 0 Å². The van der Waals surface area contributed by atoms with Crippen LogP contribution in [-0.2, 0) is 0 Å². The molecule has 1 fully saturated rings. The molecule has 0 aliphatic heterocycles. The summed E-state index contributed by atoms with van der Waals surface area (Å²) in [5.74, 6) is -2.03. The molecule has 18 heavy (non-hydrogen) atoms. The van der Waals surface area contributed by atoms with Crippen LogP contribution >= 0.6 is 0 Å². The van der Waals surface area contributed by atoms with Gasteiger partial charge in [0.25, 0.3) is 0 Å². The van der Waals surface area contributed by atoms with E-state index in [2.05, 4.69) is 12.2 Å². The van der Waals surface area contributed by atoms with Crippen LogP contribution in [0.25, 0.3) is 0 Å². The minimum Gasteiger partial charge on any atom is -0.382 e. The molecule has 0 radical (unpaired) electrons. The number of rotatable bonds is 3. The molecule has 1 aromatic carbocycles. The standard InChI is InChI=1S/C14H16F2N2/c1-14(6-2-3-7-14)9-18-11-5-4-10(8-17)12(15)13(11)16/h4-5,18H,2-3,6-7,9H2,1H3. The first-order valence-electron chi connectivity index (χ1n) is 6.18. The van der Waals surface area contributed by atoms with Crippen molar-refractivity contribution in [3.63, 3.8) is 0 Å². The third kappa shape index (κ3) is 2.45. The fourth-order valence-corrected chi connectivity index (χ4v) is 2.49. The maximum absolute atomic E-state index is 13.7. The van der Waals surface area contributed by atoms with Crippen LogP contribution in [0.3, 0.4) is 0 Å². The molecule has 1 aliphatic carbocycles. The Morgan fingerprint density at radius 2 is 1.94 bits per heavy atom. The van der Waals surface area contributed by atoms with E-state index in [1.54, 1.807) is 6.07 Å².